The summed E-state index contributed by atoms with van der Waals surface area (Å²) in [7, 11) is 0. The second-order valence-corrected chi connectivity index (χ2v) is 5.27. The summed E-state index contributed by atoms with van der Waals surface area (Å²) in [6.07, 6.45) is 2.28. The number of carbonyl (C=O) groups is 1. The molecule has 1 aliphatic carbocycles. The van der Waals surface area contributed by atoms with Gasteiger partial charge in [0.05, 0.1) is 12.5 Å². The zero-order valence-corrected chi connectivity index (χ0v) is 12.0. The SMILES string of the molecule is N#CCCN(Cc1ccccc1)C(=S)NC(=O)C1CC1. The van der Waals surface area contributed by atoms with Crippen LogP contribution in [-0.2, 0) is 11.3 Å². The van der Waals surface area contributed by atoms with Crippen molar-refractivity contribution >= 4 is 23.2 Å². The molecule has 0 unspecified atom stereocenters. The molecule has 1 saturated carbocycles. The first kappa shape index (κ1) is 14.5. The number of amides is 1. The van der Waals surface area contributed by atoms with Crippen LogP contribution in [0.4, 0.5) is 0 Å². The maximum Gasteiger partial charge on any atom is 0.229 e. The molecule has 0 spiro atoms. The Balaban J connectivity index is 1.96. The van der Waals surface area contributed by atoms with Gasteiger partial charge in [0.1, 0.15) is 0 Å². The Morgan fingerprint density at radius 2 is 2.10 bits per heavy atom. The van der Waals surface area contributed by atoms with Crippen molar-refractivity contribution in [1.82, 2.24) is 10.2 Å². The minimum absolute atomic E-state index is 0.00465. The molecule has 0 aliphatic heterocycles. The monoisotopic (exact) mass is 287 g/mol. The van der Waals surface area contributed by atoms with Crippen LogP contribution in [0, 0.1) is 17.2 Å². The number of nitrogens with zero attached hydrogens (tertiary/aromatic N) is 2. The van der Waals surface area contributed by atoms with Crippen molar-refractivity contribution in [2.75, 3.05) is 6.54 Å². The third-order valence-electron chi connectivity index (χ3n) is 3.18. The van der Waals surface area contributed by atoms with Crippen molar-refractivity contribution in [3.8, 4) is 6.07 Å². The molecule has 0 radical (unpaired) electrons. The highest BCUT2D eigenvalue weighted by Gasteiger charge is 2.30. The first-order valence-electron chi connectivity index (χ1n) is 6.71. The normalized spacial score (nSPS) is 13.3. The van der Waals surface area contributed by atoms with Gasteiger partial charge in [-0.3, -0.25) is 4.79 Å². The molecule has 0 atom stereocenters. The van der Waals surface area contributed by atoms with E-state index >= 15 is 0 Å². The number of hydrogen-bond acceptors (Lipinski definition) is 3. The van der Waals surface area contributed by atoms with E-state index in [1.54, 1.807) is 0 Å². The topological polar surface area (TPSA) is 56.1 Å². The highest BCUT2D eigenvalue weighted by Crippen LogP contribution is 2.28. The van der Waals surface area contributed by atoms with Gasteiger partial charge in [0.25, 0.3) is 0 Å². The van der Waals surface area contributed by atoms with E-state index in [0.29, 0.717) is 24.6 Å². The second-order valence-electron chi connectivity index (χ2n) is 4.88. The second kappa shape index (κ2) is 7.01. The molecular formula is C15H17N3OS. The van der Waals surface area contributed by atoms with Gasteiger partial charge >= 0.3 is 0 Å². The number of hydrogen-bond donors (Lipinski definition) is 1. The number of benzene rings is 1. The third-order valence-corrected chi connectivity index (χ3v) is 3.54. The summed E-state index contributed by atoms with van der Waals surface area (Å²) in [4.78, 5) is 13.6. The molecule has 4 nitrogen and oxygen atoms in total. The summed E-state index contributed by atoms with van der Waals surface area (Å²) in [6, 6.07) is 12.0. The molecule has 5 heteroatoms. The highest BCUT2D eigenvalue weighted by molar-refractivity contribution is 7.80. The molecule has 2 rings (SSSR count). The van der Waals surface area contributed by atoms with Gasteiger partial charge in [-0.1, -0.05) is 30.3 Å². The molecule has 0 aromatic heterocycles. The zero-order valence-electron chi connectivity index (χ0n) is 11.2. The van der Waals surface area contributed by atoms with E-state index in [0.717, 1.165) is 18.4 Å². The summed E-state index contributed by atoms with van der Waals surface area (Å²) >= 11 is 5.30. The van der Waals surface area contributed by atoms with Crippen LogP contribution in [0.5, 0.6) is 0 Å². The van der Waals surface area contributed by atoms with Crippen LogP contribution in [0.2, 0.25) is 0 Å². The van der Waals surface area contributed by atoms with Gasteiger partial charge in [-0.15, -0.1) is 0 Å². The molecule has 0 saturated heterocycles. The first-order chi connectivity index (χ1) is 9.70. The van der Waals surface area contributed by atoms with Crippen molar-refractivity contribution in [2.24, 2.45) is 5.92 Å². The standard InChI is InChI=1S/C15H17N3OS/c16-9-4-10-18(11-12-5-2-1-3-6-12)15(20)17-14(19)13-7-8-13/h1-3,5-6,13H,4,7-8,10-11H2,(H,17,19,20). The third kappa shape index (κ3) is 4.32. The van der Waals surface area contributed by atoms with Crippen LogP contribution in [0.15, 0.2) is 30.3 Å². The Morgan fingerprint density at radius 3 is 2.70 bits per heavy atom. The predicted octanol–water partition coefficient (Wildman–Crippen LogP) is 2.21. The molecule has 1 aromatic rings. The van der Waals surface area contributed by atoms with Gasteiger partial charge < -0.3 is 10.2 Å². The Kier molecular flexibility index (Phi) is 5.08. The number of nitrogens with one attached hydrogen (secondary N) is 1. The Labute approximate surface area is 124 Å². The average molecular weight is 287 g/mol. The smallest absolute Gasteiger partial charge is 0.229 e. The van der Waals surface area contributed by atoms with Crippen LogP contribution in [0.3, 0.4) is 0 Å². The molecular weight excluding hydrogens is 270 g/mol. The Morgan fingerprint density at radius 1 is 1.40 bits per heavy atom. The fourth-order valence-electron chi connectivity index (χ4n) is 1.87. The van der Waals surface area contributed by atoms with Crippen LogP contribution in [-0.4, -0.2) is 22.5 Å². The maximum absolute atomic E-state index is 11.8. The van der Waals surface area contributed by atoms with Crippen molar-refractivity contribution in [3.63, 3.8) is 0 Å². The predicted molar refractivity (Wildman–Crippen MR) is 80.5 cm³/mol. The summed E-state index contributed by atoms with van der Waals surface area (Å²) in [6.45, 7) is 1.13. The minimum Gasteiger partial charge on any atom is -0.344 e. The summed E-state index contributed by atoms with van der Waals surface area (Å²) < 4.78 is 0. The molecule has 0 bridgehead atoms. The van der Waals surface area contributed by atoms with Crippen LogP contribution in [0.1, 0.15) is 24.8 Å². The van der Waals surface area contributed by atoms with Crippen molar-refractivity contribution in [3.05, 3.63) is 35.9 Å². The van der Waals surface area contributed by atoms with Crippen LogP contribution < -0.4 is 5.32 Å². The van der Waals surface area contributed by atoms with Gasteiger partial charge in [-0.25, -0.2) is 0 Å². The molecule has 1 amide bonds. The zero-order chi connectivity index (χ0) is 14.4. The fraction of sp³-hybridized carbons (Fsp3) is 0.400. The fourth-order valence-corrected chi connectivity index (χ4v) is 2.13. The Bertz CT molecular complexity index is 520. The van der Waals surface area contributed by atoms with Crippen LogP contribution in [0.25, 0.3) is 0 Å². The summed E-state index contributed by atoms with van der Waals surface area (Å²) in [5.41, 5.74) is 1.11. The quantitative estimate of drug-likeness (QED) is 0.844. The molecule has 20 heavy (non-hydrogen) atoms. The molecule has 1 N–H and O–H groups in total. The first-order valence-corrected chi connectivity index (χ1v) is 7.12. The van der Waals surface area contributed by atoms with Gasteiger partial charge in [-0.05, 0) is 30.6 Å². The van der Waals surface area contributed by atoms with E-state index in [4.69, 9.17) is 17.5 Å². The highest BCUT2D eigenvalue weighted by atomic mass is 32.1. The molecule has 1 fully saturated rings. The van der Waals surface area contributed by atoms with Gasteiger partial charge in [-0.2, -0.15) is 5.26 Å². The lowest BCUT2D eigenvalue weighted by atomic mass is 10.2. The maximum atomic E-state index is 11.8. The van der Waals surface area contributed by atoms with E-state index in [-0.39, 0.29) is 11.8 Å². The van der Waals surface area contributed by atoms with Gasteiger partial charge in [0.2, 0.25) is 5.91 Å². The largest absolute Gasteiger partial charge is 0.344 e. The van der Waals surface area contributed by atoms with Gasteiger partial charge in [0.15, 0.2) is 5.11 Å². The van der Waals surface area contributed by atoms with E-state index < -0.39 is 0 Å². The number of thiocarbonyl (C=S) groups is 1. The molecule has 104 valence electrons. The van der Waals surface area contributed by atoms with E-state index in [1.807, 2.05) is 35.2 Å². The average Bonchev–Trinajstić information content (AvgIpc) is 3.29. The van der Waals surface area contributed by atoms with Crippen molar-refractivity contribution < 1.29 is 4.79 Å². The number of rotatable bonds is 5. The number of nitriles is 1. The van der Waals surface area contributed by atoms with E-state index in [1.165, 1.54) is 0 Å². The number of carbonyl (C=O) groups excluding carboxylic acids is 1. The van der Waals surface area contributed by atoms with Crippen LogP contribution >= 0.6 is 12.2 Å². The van der Waals surface area contributed by atoms with Gasteiger partial charge in [0, 0.05) is 19.0 Å². The van der Waals surface area contributed by atoms with Crippen molar-refractivity contribution in [1.29, 1.82) is 5.26 Å². The summed E-state index contributed by atoms with van der Waals surface area (Å²) in [5.74, 6) is 0.132. The lowest BCUT2D eigenvalue weighted by Crippen LogP contribution is -2.43. The lowest BCUT2D eigenvalue weighted by Gasteiger charge is -2.24. The van der Waals surface area contributed by atoms with Crippen molar-refractivity contribution in [2.45, 2.75) is 25.8 Å². The molecule has 1 aliphatic rings. The summed E-state index contributed by atoms with van der Waals surface area (Å²) in [5, 5.41) is 11.9. The molecule has 1 aromatic carbocycles. The van der Waals surface area contributed by atoms with E-state index in [2.05, 4.69) is 11.4 Å². The Hall–Kier alpha value is -1.93. The molecule has 0 heterocycles. The van der Waals surface area contributed by atoms with E-state index in [9.17, 15) is 4.79 Å². The minimum atomic E-state index is 0.00465. The lowest BCUT2D eigenvalue weighted by molar-refractivity contribution is -0.121.